The summed E-state index contributed by atoms with van der Waals surface area (Å²) >= 11 is 3.58. The van der Waals surface area contributed by atoms with Crippen LogP contribution in [-0.2, 0) is 4.74 Å². The molecule has 0 N–H and O–H groups in total. The first-order valence-corrected chi connectivity index (χ1v) is 11.1. The van der Waals surface area contributed by atoms with Crippen molar-refractivity contribution < 1.29 is 9.53 Å². The van der Waals surface area contributed by atoms with Crippen LogP contribution < -0.4 is 0 Å². The third kappa shape index (κ3) is 3.80. The highest BCUT2D eigenvalue weighted by Gasteiger charge is 2.38. The Labute approximate surface area is 175 Å². The van der Waals surface area contributed by atoms with Crippen molar-refractivity contribution in [2.45, 2.75) is 65.0 Å². The monoisotopic (exact) mass is 447 g/mol. The second-order valence-electron chi connectivity index (χ2n) is 9.62. The van der Waals surface area contributed by atoms with E-state index in [4.69, 9.17) is 9.72 Å². The molecular formula is C22H30BrN3O2. The number of amides is 1. The minimum atomic E-state index is -0.465. The standard InChI is InChI=1S/C22H30BrN3O2/c1-13-10-25(21(27)28-22(3,4)5)11-14(2)19(13)26-12-18(15-6-7-15)17-8-16(23)9-24-20(17)26/h8-9,12-15,19H,6-7,10-11H2,1-5H3. The van der Waals surface area contributed by atoms with E-state index in [2.05, 4.69) is 46.6 Å². The first kappa shape index (κ1) is 19.7. The van der Waals surface area contributed by atoms with Crippen LogP contribution in [0, 0.1) is 11.8 Å². The molecule has 6 heteroatoms. The quantitative estimate of drug-likeness (QED) is 0.589. The van der Waals surface area contributed by atoms with E-state index in [1.165, 1.54) is 23.8 Å². The Bertz CT molecular complexity index is 885. The predicted octanol–water partition coefficient (Wildman–Crippen LogP) is 5.74. The van der Waals surface area contributed by atoms with Crippen LogP contribution >= 0.6 is 15.9 Å². The Balaban J connectivity index is 1.63. The van der Waals surface area contributed by atoms with Crippen LogP contribution in [0.4, 0.5) is 4.79 Å². The zero-order chi connectivity index (χ0) is 20.2. The van der Waals surface area contributed by atoms with Crippen molar-refractivity contribution in [3.8, 4) is 0 Å². The molecule has 1 saturated heterocycles. The molecule has 2 aliphatic rings. The Morgan fingerprint density at radius 2 is 1.86 bits per heavy atom. The number of piperidine rings is 1. The number of carbonyl (C=O) groups excluding carboxylic acids is 1. The predicted molar refractivity (Wildman–Crippen MR) is 115 cm³/mol. The van der Waals surface area contributed by atoms with Gasteiger partial charge in [0.2, 0.25) is 0 Å². The first-order valence-electron chi connectivity index (χ1n) is 10.3. The summed E-state index contributed by atoms with van der Waals surface area (Å²) in [6.07, 6.45) is 6.56. The van der Waals surface area contributed by atoms with Crippen LogP contribution in [0.3, 0.4) is 0 Å². The van der Waals surface area contributed by atoms with Crippen molar-refractivity contribution in [2.24, 2.45) is 11.8 Å². The van der Waals surface area contributed by atoms with E-state index in [-0.39, 0.29) is 6.09 Å². The second-order valence-corrected chi connectivity index (χ2v) is 10.5. The fourth-order valence-electron chi connectivity index (χ4n) is 4.65. The number of fused-ring (bicyclic) bond motifs is 1. The van der Waals surface area contributed by atoms with Crippen LogP contribution in [-0.4, -0.2) is 39.2 Å². The second kappa shape index (κ2) is 7.05. The lowest BCUT2D eigenvalue weighted by molar-refractivity contribution is 0.00358. The van der Waals surface area contributed by atoms with Gasteiger partial charge < -0.3 is 14.2 Å². The number of nitrogens with zero attached hydrogens (tertiary/aromatic N) is 3. The fourth-order valence-corrected chi connectivity index (χ4v) is 4.98. The highest BCUT2D eigenvalue weighted by atomic mass is 79.9. The summed E-state index contributed by atoms with van der Waals surface area (Å²) < 4.78 is 9.02. The number of likely N-dealkylation sites (tertiary alicyclic amines) is 1. The molecule has 4 rings (SSSR count). The molecular weight excluding hydrogens is 418 g/mol. The molecule has 2 atom stereocenters. The van der Waals surface area contributed by atoms with Gasteiger partial charge in [-0.3, -0.25) is 0 Å². The van der Waals surface area contributed by atoms with Crippen molar-refractivity contribution in [3.63, 3.8) is 0 Å². The molecule has 0 aromatic carbocycles. The number of hydrogen-bond donors (Lipinski definition) is 0. The zero-order valence-electron chi connectivity index (χ0n) is 17.4. The van der Waals surface area contributed by atoms with Crippen molar-refractivity contribution in [1.29, 1.82) is 0 Å². The summed E-state index contributed by atoms with van der Waals surface area (Å²) in [5, 5.41) is 1.27. The number of rotatable bonds is 2. The number of halogens is 1. The van der Waals surface area contributed by atoms with Gasteiger partial charge in [-0.15, -0.1) is 0 Å². The average Bonchev–Trinajstić information content (AvgIpc) is 3.35. The first-order chi connectivity index (χ1) is 13.1. The molecule has 0 bridgehead atoms. The van der Waals surface area contributed by atoms with Crippen molar-refractivity contribution in [3.05, 3.63) is 28.5 Å². The summed E-state index contributed by atoms with van der Waals surface area (Å²) in [7, 11) is 0. The lowest BCUT2D eigenvalue weighted by atomic mass is 9.85. The Kier molecular flexibility index (Phi) is 4.97. The number of aromatic nitrogens is 2. The van der Waals surface area contributed by atoms with Crippen LogP contribution in [0.2, 0.25) is 0 Å². The zero-order valence-corrected chi connectivity index (χ0v) is 19.0. The Morgan fingerprint density at radius 1 is 1.21 bits per heavy atom. The molecule has 2 aromatic heterocycles. The van der Waals surface area contributed by atoms with Gasteiger partial charge in [0.15, 0.2) is 0 Å². The van der Waals surface area contributed by atoms with Gasteiger partial charge in [0.25, 0.3) is 0 Å². The number of carbonyl (C=O) groups is 1. The number of hydrogen-bond acceptors (Lipinski definition) is 3. The molecule has 28 heavy (non-hydrogen) atoms. The number of pyridine rings is 1. The van der Waals surface area contributed by atoms with E-state index in [0.29, 0.717) is 36.9 Å². The average molecular weight is 448 g/mol. The molecule has 1 aliphatic carbocycles. The Morgan fingerprint density at radius 3 is 2.43 bits per heavy atom. The van der Waals surface area contributed by atoms with Gasteiger partial charge in [0.1, 0.15) is 11.2 Å². The molecule has 0 spiro atoms. The summed E-state index contributed by atoms with van der Waals surface area (Å²) in [6.45, 7) is 11.6. The van der Waals surface area contributed by atoms with Crippen LogP contribution in [0.1, 0.15) is 65.0 Å². The molecule has 1 aliphatic heterocycles. The molecule has 2 unspecified atom stereocenters. The molecule has 152 valence electrons. The Hall–Kier alpha value is -1.56. The van der Waals surface area contributed by atoms with Gasteiger partial charge in [-0.05, 0) is 78.9 Å². The molecule has 5 nitrogen and oxygen atoms in total. The summed E-state index contributed by atoms with van der Waals surface area (Å²) in [5.74, 6) is 1.32. The largest absolute Gasteiger partial charge is 0.444 e. The van der Waals surface area contributed by atoms with Gasteiger partial charge in [0.05, 0.1) is 0 Å². The highest BCUT2D eigenvalue weighted by Crippen LogP contribution is 2.46. The molecule has 0 radical (unpaired) electrons. The van der Waals surface area contributed by atoms with Gasteiger partial charge in [-0.2, -0.15) is 0 Å². The summed E-state index contributed by atoms with van der Waals surface area (Å²) in [5.41, 5.74) is 2.03. The lowest BCUT2D eigenvalue weighted by Crippen LogP contribution is -2.49. The third-order valence-electron chi connectivity index (χ3n) is 5.84. The van der Waals surface area contributed by atoms with Gasteiger partial charge >= 0.3 is 6.09 Å². The van der Waals surface area contributed by atoms with E-state index < -0.39 is 5.60 Å². The van der Waals surface area contributed by atoms with Gasteiger partial charge in [-0.25, -0.2) is 9.78 Å². The van der Waals surface area contributed by atoms with Gasteiger partial charge in [0, 0.05) is 41.4 Å². The van der Waals surface area contributed by atoms with E-state index in [1.807, 2.05) is 31.9 Å². The topological polar surface area (TPSA) is 47.4 Å². The molecule has 2 fully saturated rings. The third-order valence-corrected chi connectivity index (χ3v) is 6.27. The smallest absolute Gasteiger partial charge is 0.410 e. The maximum Gasteiger partial charge on any atom is 0.410 e. The van der Waals surface area contributed by atoms with Gasteiger partial charge in [-0.1, -0.05) is 13.8 Å². The maximum atomic E-state index is 12.6. The number of ether oxygens (including phenoxy) is 1. The van der Waals surface area contributed by atoms with Crippen molar-refractivity contribution >= 4 is 33.1 Å². The summed E-state index contributed by atoms with van der Waals surface area (Å²) in [4.78, 5) is 19.2. The highest BCUT2D eigenvalue weighted by molar-refractivity contribution is 9.10. The van der Waals surface area contributed by atoms with Crippen LogP contribution in [0.15, 0.2) is 22.9 Å². The lowest BCUT2D eigenvalue weighted by Gasteiger charge is -2.42. The molecule has 2 aromatic rings. The van der Waals surface area contributed by atoms with Crippen molar-refractivity contribution in [1.82, 2.24) is 14.5 Å². The maximum absolute atomic E-state index is 12.6. The minimum Gasteiger partial charge on any atom is -0.444 e. The van der Waals surface area contributed by atoms with Crippen molar-refractivity contribution in [2.75, 3.05) is 13.1 Å². The molecule has 3 heterocycles. The van der Waals surface area contributed by atoms with E-state index in [0.717, 1.165) is 10.1 Å². The normalized spacial score (nSPS) is 25.9. The molecule has 1 amide bonds. The van der Waals surface area contributed by atoms with E-state index in [1.54, 1.807) is 0 Å². The van der Waals surface area contributed by atoms with Crippen LogP contribution in [0.5, 0.6) is 0 Å². The summed E-state index contributed by atoms with van der Waals surface area (Å²) in [6, 6.07) is 2.53. The minimum absolute atomic E-state index is 0.206. The fraction of sp³-hybridized carbons (Fsp3) is 0.636. The van der Waals surface area contributed by atoms with Crippen LogP contribution in [0.25, 0.3) is 11.0 Å². The SMILES string of the molecule is CC1CN(C(=O)OC(C)(C)C)CC(C)C1n1cc(C2CC2)c2cc(Br)cnc21. The molecule has 1 saturated carbocycles. The van der Waals surface area contributed by atoms with E-state index >= 15 is 0 Å². The van der Waals surface area contributed by atoms with E-state index in [9.17, 15) is 4.79 Å².